The zero-order valence-electron chi connectivity index (χ0n) is 21.6. The first-order chi connectivity index (χ1) is 18.4. The van der Waals surface area contributed by atoms with E-state index in [9.17, 15) is 5.11 Å². The second kappa shape index (κ2) is 15.7. The van der Waals surface area contributed by atoms with Crippen molar-refractivity contribution >= 4 is 11.9 Å². The number of likely N-dealkylation sites (tertiary alicyclic amines) is 1. The molecule has 38 heavy (non-hydrogen) atoms. The molecular formula is C31H37NO6. The minimum absolute atomic E-state index is 0.00281. The Kier molecular flexibility index (Phi) is 12.0. The summed E-state index contributed by atoms with van der Waals surface area (Å²) in [7, 11) is 0. The molecule has 3 aromatic rings. The van der Waals surface area contributed by atoms with E-state index in [4.69, 9.17) is 24.5 Å². The molecule has 0 aliphatic carbocycles. The maximum Gasteiger partial charge on any atom is 0.414 e. The third kappa shape index (κ3) is 9.74. The molecule has 7 nitrogen and oxygen atoms in total. The Bertz CT molecular complexity index is 1030. The predicted octanol–water partition coefficient (Wildman–Crippen LogP) is 5.17. The molecule has 0 amide bonds. The van der Waals surface area contributed by atoms with Crippen LogP contribution >= 0.6 is 0 Å². The minimum Gasteiger partial charge on any atom is -0.473 e. The summed E-state index contributed by atoms with van der Waals surface area (Å²) >= 11 is 0. The molecule has 0 spiro atoms. The Morgan fingerprint density at radius 2 is 1.21 bits per heavy atom. The first-order valence-electron chi connectivity index (χ1n) is 13.1. The summed E-state index contributed by atoms with van der Waals surface area (Å²) < 4.78 is 6.43. The summed E-state index contributed by atoms with van der Waals surface area (Å²) in [5.74, 6) is -2.93. The van der Waals surface area contributed by atoms with Gasteiger partial charge in [-0.25, -0.2) is 9.59 Å². The lowest BCUT2D eigenvalue weighted by atomic mass is 9.93. The summed E-state index contributed by atoms with van der Waals surface area (Å²) in [4.78, 5) is 20.7. The standard InChI is InChI=1S/C29H35NO2.C2H2O4/c31-28(25-10-4-1-5-11-25)18-22-30-20-16-24(17-21-30)19-23-32-29(26-12-6-2-7-13-26)27-14-8-3-9-15-27;3-1(4)2(5)6/h1-15,24,28-29,31H,16-23H2;(H,3,4)(H,5,6)/t28-;/m0./s1. The molecule has 3 N–H and O–H groups in total. The molecule has 1 saturated heterocycles. The van der Waals surface area contributed by atoms with Gasteiger partial charge in [0.05, 0.1) is 6.10 Å². The number of benzene rings is 3. The van der Waals surface area contributed by atoms with Crippen LogP contribution in [0.5, 0.6) is 0 Å². The average Bonchev–Trinajstić information content (AvgIpc) is 2.96. The molecule has 0 radical (unpaired) electrons. The molecule has 0 saturated carbocycles. The molecule has 1 atom stereocenters. The van der Waals surface area contributed by atoms with Crippen molar-refractivity contribution in [3.8, 4) is 0 Å². The van der Waals surface area contributed by atoms with Gasteiger partial charge in [0.2, 0.25) is 0 Å². The van der Waals surface area contributed by atoms with Crippen LogP contribution in [0.15, 0.2) is 91.0 Å². The summed E-state index contributed by atoms with van der Waals surface area (Å²) in [5.41, 5.74) is 3.45. The van der Waals surface area contributed by atoms with Crippen LogP contribution < -0.4 is 0 Å². The van der Waals surface area contributed by atoms with Gasteiger partial charge in [-0.1, -0.05) is 91.0 Å². The number of aliphatic hydroxyl groups excluding tert-OH is 1. The smallest absolute Gasteiger partial charge is 0.414 e. The number of aliphatic hydroxyl groups is 1. The number of carboxylic acids is 2. The normalized spacial score (nSPS) is 14.9. The molecule has 1 aliphatic heterocycles. The van der Waals surface area contributed by atoms with Gasteiger partial charge in [-0.3, -0.25) is 0 Å². The van der Waals surface area contributed by atoms with Crippen LogP contribution in [-0.2, 0) is 14.3 Å². The molecule has 1 heterocycles. The molecule has 7 heteroatoms. The fourth-order valence-electron chi connectivity index (χ4n) is 4.64. The van der Waals surface area contributed by atoms with Crippen molar-refractivity contribution in [1.29, 1.82) is 0 Å². The van der Waals surface area contributed by atoms with Crippen LogP contribution in [0.3, 0.4) is 0 Å². The summed E-state index contributed by atoms with van der Waals surface area (Å²) in [5, 5.41) is 25.2. The number of rotatable bonds is 10. The topological polar surface area (TPSA) is 107 Å². The minimum atomic E-state index is -1.82. The lowest BCUT2D eigenvalue weighted by molar-refractivity contribution is -0.159. The number of hydrogen-bond donors (Lipinski definition) is 3. The third-order valence-electron chi connectivity index (χ3n) is 6.81. The summed E-state index contributed by atoms with van der Waals surface area (Å²) in [6.07, 6.45) is 3.97. The van der Waals surface area contributed by atoms with E-state index in [0.717, 1.165) is 50.6 Å². The maximum atomic E-state index is 10.4. The number of hydrogen-bond acceptors (Lipinski definition) is 5. The van der Waals surface area contributed by atoms with Crippen molar-refractivity contribution in [3.05, 3.63) is 108 Å². The van der Waals surface area contributed by atoms with E-state index in [1.807, 2.05) is 30.3 Å². The fourth-order valence-corrected chi connectivity index (χ4v) is 4.64. The average molecular weight is 520 g/mol. The number of ether oxygens (including phenoxy) is 1. The van der Waals surface area contributed by atoms with Crippen LogP contribution in [0.1, 0.15) is 54.6 Å². The predicted molar refractivity (Wildman–Crippen MR) is 146 cm³/mol. The van der Waals surface area contributed by atoms with Gasteiger partial charge in [0, 0.05) is 13.2 Å². The number of piperidine rings is 1. The molecule has 1 fully saturated rings. The zero-order chi connectivity index (χ0) is 27.2. The molecule has 1 aliphatic rings. The molecule has 0 unspecified atom stereocenters. The largest absolute Gasteiger partial charge is 0.473 e. The third-order valence-corrected chi connectivity index (χ3v) is 6.81. The highest BCUT2D eigenvalue weighted by molar-refractivity contribution is 6.27. The number of aliphatic carboxylic acids is 2. The van der Waals surface area contributed by atoms with E-state index in [1.54, 1.807) is 0 Å². The van der Waals surface area contributed by atoms with E-state index in [2.05, 4.69) is 65.6 Å². The van der Waals surface area contributed by atoms with E-state index in [1.165, 1.54) is 24.0 Å². The van der Waals surface area contributed by atoms with Crippen molar-refractivity contribution < 1.29 is 29.6 Å². The van der Waals surface area contributed by atoms with Crippen molar-refractivity contribution in [2.45, 2.75) is 37.9 Å². The summed E-state index contributed by atoms with van der Waals surface area (Å²) in [6, 6.07) is 31.0. The Morgan fingerprint density at radius 3 is 1.66 bits per heavy atom. The van der Waals surface area contributed by atoms with Gasteiger partial charge in [0.25, 0.3) is 0 Å². The van der Waals surface area contributed by atoms with Crippen molar-refractivity contribution in [2.24, 2.45) is 5.92 Å². The molecule has 4 rings (SSSR count). The van der Waals surface area contributed by atoms with Gasteiger partial charge in [0.15, 0.2) is 0 Å². The van der Waals surface area contributed by atoms with Crippen molar-refractivity contribution in [2.75, 3.05) is 26.2 Å². The van der Waals surface area contributed by atoms with Crippen molar-refractivity contribution in [3.63, 3.8) is 0 Å². The van der Waals surface area contributed by atoms with E-state index in [-0.39, 0.29) is 12.2 Å². The van der Waals surface area contributed by atoms with Gasteiger partial charge in [-0.2, -0.15) is 0 Å². The van der Waals surface area contributed by atoms with E-state index in [0.29, 0.717) is 0 Å². The van der Waals surface area contributed by atoms with E-state index < -0.39 is 11.9 Å². The molecule has 202 valence electrons. The van der Waals surface area contributed by atoms with Crippen LogP contribution in [0.25, 0.3) is 0 Å². The van der Waals surface area contributed by atoms with Crippen LogP contribution in [0.4, 0.5) is 0 Å². The SMILES string of the molecule is O=C(O)C(=O)O.O[C@@H](CCN1CCC(CCOC(c2ccccc2)c2ccccc2)CC1)c1ccccc1. The monoisotopic (exact) mass is 519 g/mol. The highest BCUT2D eigenvalue weighted by atomic mass is 16.5. The highest BCUT2D eigenvalue weighted by Crippen LogP contribution is 2.28. The Labute approximate surface area is 224 Å². The second-order valence-electron chi connectivity index (χ2n) is 9.47. The zero-order valence-corrected chi connectivity index (χ0v) is 21.6. The molecule has 0 aromatic heterocycles. The van der Waals surface area contributed by atoms with Gasteiger partial charge in [-0.15, -0.1) is 0 Å². The van der Waals surface area contributed by atoms with Crippen molar-refractivity contribution in [1.82, 2.24) is 4.90 Å². The Balaban J connectivity index is 0.000000599. The lowest BCUT2D eigenvalue weighted by Gasteiger charge is -2.32. The van der Waals surface area contributed by atoms with Gasteiger partial charge in [-0.05, 0) is 61.4 Å². The summed E-state index contributed by atoms with van der Waals surface area (Å²) in [6.45, 7) is 3.98. The van der Waals surface area contributed by atoms with Gasteiger partial charge < -0.3 is 25.0 Å². The highest BCUT2D eigenvalue weighted by Gasteiger charge is 2.21. The molecule has 0 bridgehead atoms. The van der Waals surface area contributed by atoms with E-state index >= 15 is 0 Å². The molecule has 3 aromatic carbocycles. The van der Waals surface area contributed by atoms with Gasteiger partial charge in [0.1, 0.15) is 6.10 Å². The first-order valence-corrected chi connectivity index (χ1v) is 13.1. The number of carbonyl (C=O) groups is 2. The Hall–Kier alpha value is -3.52. The fraction of sp³-hybridized carbons (Fsp3) is 0.355. The van der Waals surface area contributed by atoms with Crippen LogP contribution in [-0.4, -0.2) is 58.4 Å². The lowest BCUT2D eigenvalue weighted by Crippen LogP contribution is -2.35. The number of nitrogens with zero attached hydrogens (tertiary/aromatic N) is 1. The maximum absolute atomic E-state index is 10.4. The Morgan fingerprint density at radius 1 is 0.763 bits per heavy atom. The van der Waals surface area contributed by atoms with Gasteiger partial charge >= 0.3 is 11.9 Å². The number of carboxylic acid groups (broad SMARTS) is 2. The van der Waals surface area contributed by atoms with Crippen LogP contribution in [0.2, 0.25) is 0 Å². The van der Waals surface area contributed by atoms with Crippen LogP contribution in [0, 0.1) is 5.92 Å². The first kappa shape index (κ1) is 29.0. The quantitative estimate of drug-likeness (QED) is 0.317. The molecular weight excluding hydrogens is 482 g/mol. The second-order valence-corrected chi connectivity index (χ2v) is 9.47.